The highest BCUT2D eigenvalue weighted by Gasteiger charge is 2.18. The van der Waals surface area contributed by atoms with Crippen molar-refractivity contribution in [3.63, 3.8) is 0 Å². The normalized spacial score (nSPS) is 12.2. The maximum absolute atomic E-state index is 13.2. The minimum Gasteiger partial charge on any atom is -0.388 e. The summed E-state index contributed by atoms with van der Waals surface area (Å²) in [4.78, 5) is 20.5. The van der Waals surface area contributed by atoms with Gasteiger partial charge in [0.2, 0.25) is 0 Å². The second kappa shape index (κ2) is 4.80. The van der Waals surface area contributed by atoms with Gasteiger partial charge in [-0.05, 0) is 13.0 Å². The minimum atomic E-state index is -1.35. The van der Waals surface area contributed by atoms with Crippen molar-refractivity contribution in [2.75, 3.05) is 0 Å². The van der Waals surface area contributed by atoms with E-state index in [-0.39, 0.29) is 23.5 Å². The van der Waals surface area contributed by atoms with Crippen molar-refractivity contribution < 1.29 is 19.2 Å². The Labute approximate surface area is 90.7 Å². The number of aliphatic hydroxyl groups excluding tert-OH is 1. The zero-order chi connectivity index (χ0) is 12.3. The highest BCUT2D eigenvalue weighted by Crippen LogP contribution is 2.24. The van der Waals surface area contributed by atoms with E-state index in [9.17, 15) is 24.4 Å². The van der Waals surface area contributed by atoms with Crippen molar-refractivity contribution in [1.82, 2.24) is 0 Å². The van der Waals surface area contributed by atoms with E-state index < -0.39 is 16.8 Å². The molecule has 0 aliphatic carbocycles. The van der Waals surface area contributed by atoms with E-state index in [2.05, 4.69) is 0 Å². The summed E-state index contributed by atoms with van der Waals surface area (Å²) in [5.74, 6) is -1.09. The first-order valence-corrected chi connectivity index (χ1v) is 4.53. The molecule has 0 aromatic heterocycles. The Balaban J connectivity index is 3.06. The first-order chi connectivity index (χ1) is 7.41. The van der Waals surface area contributed by atoms with Crippen LogP contribution >= 0.6 is 0 Å². The molecule has 0 fully saturated rings. The van der Waals surface area contributed by atoms with Gasteiger partial charge in [-0.1, -0.05) is 0 Å². The van der Waals surface area contributed by atoms with Crippen LogP contribution in [0.25, 0.3) is 0 Å². The van der Waals surface area contributed by atoms with Crippen LogP contribution in [0, 0.1) is 15.9 Å². The first-order valence-electron chi connectivity index (χ1n) is 4.53. The van der Waals surface area contributed by atoms with Crippen LogP contribution in [0.5, 0.6) is 0 Å². The van der Waals surface area contributed by atoms with Crippen LogP contribution in [0.2, 0.25) is 0 Å². The van der Waals surface area contributed by atoms with E-state index in [1.54, 1.807) is 0 Å². The predicted octanol–water partition coefficient (Wildman–Crippen LogP) is 1.75. The third kappa shape index (κ3) is 2.83. The summed E-state index contributed by atoms with van der Waals surface area (Å²) >= 11 is 0. The number of nitro benzene ring substituents is 1. The molecule has 0 saturated carbocycles. The fourth-order valence-corrected chi connectivity index (χ4v) is 1.28. The molecule has 6 heteroatoms. The fraction of sp³-hybridized carbons (Fsp3) is 0.300. The summed E-state index contributed by atoms with van der Waals surface area (Å²) in [6.07, 6.45) is -1.62. The SMILES string of the molecule is CC(=O)C[C@@H](O)c1cc([N+](=O)[O-])ccc1F. The van der Waals surface area contributed by atoms with Gasteiger partial charge < -0.3 is 5.11 Å². The summed E-state index contributed by atoms with van der Waals surface area (Å²) in [5.41, 5.74) is -0.552. The number of carbonyl (C=O) groups is 1. The van der Waals surface area contributed by atoms with Crippen molar-refractivity contribution in [2.24, 2.45) is 0 Å². The average Bonchev–Trinajstić information content (AvgIpc) is 2.16. The molecule has 1 aromatic rings. The molecular formula is C10H10FNO4. The number of halogens is 1. The van der Waals surface area contributed by atoms with Crippen molar-refractivity contribution in [1.29, 1.82) is 0 Å². The zero-order valence-electron chi connectivity index (χ0n) is 8.51. The van der Waals surface area contributed by atoms with Crippen molar-refractivity contribution in [3.8, 4) is 0 Å². The lowest BCUT2D eigenvalue weighted by atomic mass is 10.0. The van der Waals surface area contributed by atoms with E-state index in [1.165, 1.54) is 6.92 Å². The number of carbonyl (C=O) groups excluding carboxylic acids is 1. The average molecular weight is 227 g/mol. The third-order valence-electron chi connectivity index (χ3n) is 2.03. The number of nitrogens with zero attached hydrogens (tertiary/aromatic N) is 1. The van der Waals surface area contributed by atoms with Crippen LogP contribution in [0.3, 0.4) is 0 Å². The summed E-state index contributed by atoms with van der Waals surface area (Å²) in [6.45, 7) is 1.25. The van der Waals surface area contributed by atoms with Gasteiger partial charge in [0, 0.05) is 24.1 Å². The molecule has 1 atom stereocenters. The summed E-state index contributed by atoms with van der Waals surface area (Å²) in [5, 5.41) is 19.9. The number of nitro groups is 1. The van der Waals surface area contributed by atoms with Gasteiger partial charge in [-0.25, -0.2) is 4.39 Å². The Morgan fingerprint density at radius 1 is 1.62 bits per heavy atom. The predicted molar refractivity (Wildman–Crippen MR) is 53.3 cm³/mol. The molecule has 0 saturated heterocycles. The van der Waals surface area contributed by atoms with Crippen LogP contribution in [0.4, 0.5) is 10.1 Å². The van der Waals surface area contributed by atoms with Gasteiger partial charge in [0.1, 0.15) is 11.6 Å². The summed E-state index contributed by atoms with van der Waals surface area (Å²) < 4.78 is 13.2. The second-order valence-corrected chi connectivity index (χ2v) is 3.38. The quantitative estimate of drug-likeness (QED) is 0.627. The molecule has 16 heavy (non-hydrogen) atoms. The number of benzene rings is 1. The lowest BCUT2D eigenvalue weighted by molar-refractivity contribution is -0.385. The van der Waals surface area contributed by atoms with E-state index in [0.717, 1.165) is 18.2 Å². The Morgan fingerprint density at radius 3 is 2.75 bits per heavy atom. The molecule has 0 aliphatic rings. The molecule has 0 radical (unpaired) electrons. The van der Waals surface area contributed by atoms with Crippen LogP contribution in [-0.2, 0) is 4.79 Å². The molecule has 0 aliphatic heterocycles. The van der Waals surface area contributed by atoms with Crippen molar-refractivity contribution in [3.05, 3.63) is 39.7 Å². The zero-order valence-corrected chi connectivity index (χ0v) is 8.51. The Bertz CT molecular complexity index is 433. The molecule has 0 spiro atoms. The van der Waals surface area contributed by atoms with Crippen LogP contribution < -0.4 is 0 Å². The van der Waals surface area contributed by atoms with E-state index in [1.807, 2.05) is 0 Å². The number of hydrogen-bond donors (Lipinski definition) is 1. The fourth-order valence-electron chi connectivity index (χ4n) is 1.28. The number of non-ortho nitro benzene ring substituents is 1. The number of Topliss-reactive ketones (excluding diaryl/α,β-unsaturated/α-hetero) is 1. The van der Waals surface area contributed by atoms with Gasteiger partial charge in [-0.2, -0.15) is 0 Å². The van der Waals surface area contributed by atoms with Crippen LogP contribution in [0.1, 0.15) is 25.0 Å². The van der Waals surface area contributed by atoms with Crippen molar-refractivity contribution >= 4 is 11.5 Å². The van der Waals surface area contributed by atoms with Gasteiger partial charge in [0.25, 0.3) is 5.69 Å². The molecule has 1 rings (SSSR count). The third-order valence-corrected chi connectivity index (χ3v) is 2.03. The summed E-state index contributed by atoms with van der Waals surface area (Å²) in [6, 6.07) is 2.83. The van der Waals surface area contributed by atoms with Gasteiger partial charge in [0.15, 0.2) is 0 Å². The van der Waals surface area contributed by atoms with Crippen LogP contribution in [-0.4, -0.2) is 15.8 Å². The van der Waals surface area contributed by atoms with E-state index >= 15 is 0 Å². The number of rotatable bonds is 4. The molecule has 0 bridgehead atoms. The van der Waals surface area contributed by atoms with Crippen molar-refractivity contribution in [2.45, 2.75) is 19.4 Å². The second-order valence-electron chi connectivity index (χ2n) is 3.38. The lowest BCUT2D eigenvalue weighted by Crippen LogP contribution is -2.06. The molecule has 86 valence electrons. The molecule has 0 amide bonds. The number of aliphatic hydroxyl groups is 1. The monoisotopic (exact) mass is 227 g/mol. The van der Waals surface area contributed by atoms with Gasteiger partial charge in [-0.3, -0.25) is 14.9 Å². The maximum atomic E-state index is 13.2. The summed E-state index contributed by atoms with van der Waals surface area (Å²) in [7, 11) is 0. The Morgan fingerprint density at radius 2 is 2.25 bits per heavy atom. The van der Waals surface area contributed by atoms with E-state index in [0.29, 0.717) is 0 Å². The smallest absolute Gasteiger partial charge is 0.270 e. The van der Waals surface area contributed by atoms with Crippen LogP contribution in [0.15, 0.2) is 18.2 Å². The van der Waals surface area contributed by atoms with Gasteiger partial charge in [0.05, 0.1) is 11.0 Å². The first kappa shape index (κ1) is 12.3. The van der Waals surface area contributed by atoms with E-state index in [4.69, 9.17) is 0 Å². The highest BCUT2D eigenvalue weighted by atomic mass is 19.1. The molecule has 1 aromatic carbocycles. The highest BCUT2D eigenvalue weighted by molar-refractivity contribution is 5.76. The van der Waals surface area contributed by atoms with Gasteiger partial charge >= 0.3 is 0 Å². The lowest BCUT2D eigenvalue weighted by Gasteiger charge is -2.09. The number of ketones is 1. The molecule has 5 nitrogen and oxygen atoms in total. The minimum absolute atomic E-state index is 0.232. The molecule has 1 N–H and O–H groups in total. The maximum Gasteiger partial charge on any atom is 0.270 e. The van der Waals surface area contributed by atoms with Gasteiger partial charge in [-0.15, -0.1) is 0 Å². The topological polar surface area (TPSA) is 80.4 Å². The Hall–Kier alpha value is -1.82. The molecule has 0 heterocycles. The molecule has 0 unspecified atom stereocenters. The largest absolute Gasteiger partial charge is 0.388 e. The molecular weight excluding hydrogens is 217 g/mol. The number of hydrogen-bond acceptors (Lipinski definition) is 4. The standard InChI is InChI=1S/C10H10FNO4/c1-6(13)4-10(14)8-5-7(12(15)16)2-3-9(8)11/h2-3,5,10,14H,4H2,1H3/t10-/m1/s1. The Kier molecular flexibility index (Phi) is 3.68.